The molecule has 10 heteroatoms. The molecule has 0 bridgehead atoms. The van der Waals surface area contributed by atoms with Crippen LogP contribution in [0.4, 0.5) is 0 Å². The third-order valence-corrected chi connectivity index (χ3v) is 8.23. The van der Waals surface area contributed by atoms with Crippen molar-refractivity contribution >= 4 is 72.9 Å². The molecule has 42 heavy (non-hydrogen) atoms. The molecule has 0 saturated heterocycles. The van der Waals surface area contributed by atoms with Crippen LogP contribution in [0.3, 0.4) is 0 Å². The zero-order chi connectivity index (χ0) is 28.3. The van der Waals surface area contributed by atoms with Gasteiger partial charge in [-0.05, 0) is 48.6 Å². The Morgan fingerprint density at radius 2 is 1.67 bits per heavy atom. The molecule has 207 valence electrons. The van der Waals surface area contributed by atoms with Gasteiger partial charge in [-0.25, -0.2) is 14.8 Å². The van der Waals surface area contributed by atoms with E-state index in [2.05, 4.69) is 23.1 Å². The average molecular weight is 603 g/mol. The molecule has 3 aromatic heterocycles. The largest absolute Gasteiger partial charge is 0.439 e. The summed E-state index contributed by atoms with van der Waals surface area (Å²) in [4.78, 5) is 37.8. The van der Waals surface area contributed by atoms with Crippen LogP contribution < -0.4 is 11.3 Å². The Morgan fingerprint density at radius 1 is 0.929 bits per heavy atom. The molecule has 1 radical (unpaired) electrons. The molecule has 3 heterocycles. The van der Waals surface area contributed by atoms with E-state index in [0.29, 0.717) is 24.6 Å². The fourth-order valence-corrected chi connectivity index (χ4v) is 6.04. The second-order valence-corrected chi connectivity index (χ2v) is 11.1. The first-order valence-corrected chi connectivity index (χ1v) is 14.5. The van der Waals surface area contributed by atoms with Gasteiger partial charge in [0.2, 0.25) is 0 Å². The van der Waals surface area contributed by atoms with Gasteiger partial charge in [0.05, 0.1) is 22.5 Å². The summed E-state index contributed by atoms with van der Waals surface area (Å²) >= 11 is 1.61. The smallest absolute Gasteiger partial charge is 0.296 e. The molecule has 0 spiro atoms. The van der Waals surface area contributed by atoms with E-state index in [0.717, 1.165) is 68.0 Å². The number of hydrogen-bond acceptors (Lipinski definition) is 7. The van der Waals surface area contributed by atoms with Crippen molar-refractivity contribution in [1.82, 2.24) is 24.7 Å². The monoisotopic (exact) mass is 602 g/mol. The van der Waals surface area contributed by atoms with Crippen LogP contribution in [0, 0.1) is 6.92 Å². The van der Waals surface area contributed by atoms with Gasteiger partial charge in [-0.3, -0.25) is 18.9 Å². The second kappa shape index (κ2) is 13.5. The number of unbranched alkanes of at least 4 members (excludes halogenated alkanes) is 1. The summed E-state index contributed by atoms with van der Waals surface area (Å²) in [5.41, 5.74) is 6.23. The number of benzene rings is 3. The molecule has 8 nitrogen and oxygen atoms in total. The van der Waals surface area contributed by atoms with Crippen molar-refractivity contribution in [3.05, 3.63) is 121 Å². The number of fused-ring (bicyclic) bond motifs is 1. The summed E-state index contributed by atoms with van der Waals surface area (Å²) < 4.78 is 7.58. The van der Waals surface area contributed by atoms with Crippen molar-refractivity contribution in [2.45, 2.75) is 46.1 Å². The van der Waals surface area contributed by atoms with Crippen LogP contribution in [0.5, 0.6) is 0 Å². The van der Waals surface area contributed by atoms with Gasteiger partial charge in [0.25, 0.3) is 5.56 Å². The van der Waals surface area contributed by atoms with E-state index in [1.165, 1.54) is 0 Å². The Balaban J connectivity index is 0.00000353. The predicted octanol–water partition coefficient (Wildman–Crippen LogP) is 5.77. The number of nitrogens with zero attached hydrogens (tertiary/aromatic N) is 4. The van der Waals surface area contributed by atoms with E-state index in [1.807, 2.05) is 73.7 Å². The first kappa shape index (κ1) is 30.5. The minimum atomic E-state index is -0.593. The van der Waals surface area contributed by atoms with Gasteiger partial charge < -0.3 is 0 Å². The molecule has 0 fully saturated rings. The Bertz CT molecular complexity index is 1920. The minimum Gasteiger partial charge on any atom is -0.296 e. The second-order valence-electron chi connectivity index (χ2n) is 10.0. The van der Waals surface area contributed by atoms with Crippen LogP contribution in [-0.4, -0.2) is 76.1 Å². The van der Waals surface area contributed by atoms with Gasteiger partial charge in [0.1, 0.15) is 10.8 Å². The van der Waals surface area contributed by atoms with Gasteiger partial charge in [-0.2, -0.15) is 0 Å². The average Bonchev–Trinajstić information content (AvgIpc) is 3.62. The van der Waals surface area contributed by atoms with Gasteiger partial charge in [0.15, 0.2) is 5.82 Å². The maximum absolute atomic E-state index is 13.9. The fraction of sp³-hybridized carbons (Fsp3) is 0.219. The van der Waals surface area contributed by atoms with Crippen LogP contribution in [0.25, 0.3) is 32.7 Å². The molecule has 0 unspecified atom stereocenters. The van der Waals surface area contributed by atoms with Gasteiger partial charge in [0, 0.05) is 68.9 Å². The van der Waals surface area contributed by atoms with Crippen LogP contribution in [0.15, 0.2) is 86.9 Å². The SMILES string of the molecule is CCCCc1nc(C)n(Cc2nc3ccccc3s2)c(=O)c1Cc1ccc(-c2ccccc2-c2noc(=O)[nH]2)cc1.[K]. The van der Waals surface area contributed by atoms with Gasteiger partial charge in [-0.1, -0.05) is 79.2 Å². The number of hydrogen-bond donors (Lipinski definition) is 1. The molecule has 0 aliphatic carbocycles. The molecule has 0 aliphatic rings. The summed E-state index contributed by atoms with van der Waals surface area (Å²) in [7, 11) is 0. The van der Waals surface area contributed by atoms with Crippen molar-refractivity contribution in [3.63, 3.8) is 0 Å². The Morgan fingerprint density at radius 3 is 2.38 bits per heavy atom. The maximum Gasteiger partial charge on any atom is 0.439 e. The van der Waals surface area contributed by atoms with E-state index in [4.69, 9.17) is 14.5 Å². The van der Waals surface area contributed by atoms with E-state index < -0.39 is 5.76 Å². The predicted molar refractivity (Wildman–Crippen MR) is 167 cm³/mol. The number of aromatic nitrogens is 5. The van der Waals surface area contributed by atoms with Crippen molar-refractivity contribution < 1.29 is 4.52 Å². The summed E-state index contributed by atoms with van der Waals surface area (Å²) in [6.07, 6.45) is 3.26. The molecule has 0 amide bonds. The third-order valence-electron chi connectivity index (χ3n) is 7.21. The Labute approximate surface area is 289 Å². The van der Waals surface area contributed by atoms with Gasteiger partial charge >= 0.3 is 5.76 Å². The van der Waals surface area contributed by atoms with Crippen LogP contribution in [-0.2, 0) is 19.4 Å². The molecular weight excluding hydrogens is 574 g/mol. The van der Waals surface area contributed by atoms with Crippen molar-refractivity contribution in [1.29, 1.82) is 0 Å². The molecule has 3 aromatic carbocycles. The van der Waals surface area contributed by atoms with E-state index in [9.17, 15) is 9.59 Å². The molecule has 0 aliphatic heterocycles. The molecule has 0 atom stereocenters. The first-order chi connectivity index (χ1) is 20.0. The van der Waals surface area contributed by atoms with Crippen molar-refractivity contribution in [3.8, 4) is 22.5 Å². The molecule has 0 saturated carbocycles. The standard InChI is InChI=1S/C32H29N5O3S.K/c1-3-4-11-26-25(31(38)37(20(2)33-26)19-29-34-27-12-7-8-13-28(27)41-29)18-21-14-16-22(17-15-21)23-9-5-6-10-24(23)30-35-32(39)40-36-30;/h5-10,12-17H,3-4,11,18-19H2,1-2H3,(H,35,36,39);. The Kier molecular flexibility index (Phi) is 9.82. The Hall–Kier alpha value is -2.99. The van der Waals surface area contributed by atoms with Crippen molar-refractivity contribution in [2.75, 3.05) is 0 Å². The van der Waals surface area contributed by atoms with Crippen LogP contribution in [0.2, 0.25) is 0 Å². The van der Waals surface area contributed by atoms with Crippen molar-refractivity contribution in [2.24, 2.45) is 0 Å². The summed E-state index contributed by atoms with van der Waals surface area (Å²) in [5.74, 6) is 0.501. The third kappa shape index (κ3) is 6.49. The summed E-state index contributed by atoms with van der Waals surface area (Å²) in [5, 5.41) is 4.75. The quantitative estimate of drug-likeness (QED) is 0.211. The number of aryl methyl sites for hydroxylation is 2. The first-order valence-electron chi connectivity index (χ1n) is 13.7. The molecule has 6 rings (SSSR count). The maximum atomic E-state index is 13.9. The zero-order valence-corrected chi connectivity index (χ0v) is 27.8. The summed E-state index contributed by atoms with van der Waals surface area (Å²) in [6, 6.07) is 23.9. The normalized spacial score (nSPS) is 11.1. The molecule has 1 N–H and O–H groups in total. The van der Waals surface area contributed by atoms with Crippen LogP contribution in [0.1, 0.15) is 47.4 Å². The van der Waals surface area contributed by atoms with E-state index in [1.54, 1.807) is 15.9 Å². The number of thiazole rings is 1. The number of para-hydroxylation sites is 1. The summed E-state index contributed by atoms with van der Waals surface area (Å²) in [6.45, 7) is 4.45. The number of aromatic amines is 1. The van der Waals surface area contributed by atoms with E-state index in [-0.39, 0.29) is 56.9 Å². The molecule has 6 aromatic rings. The minimum absolute atomic E-state index is 0. The zero-order valence-electron chi connectivity index (χ0n) is 23.9. The number of H-pyrrole nitrogens is 1. The fourth-order valence-electron chi connectivity index (χ4n) is 5.09. The number of nitrogens with one attached hydrogen (secondary N) is 1. The van der Waals surface area contributed by atoms with Crippen LogP contribution >= 0.6 is 11.3 Å². The molecular formula is C32H29KN5O3S. The number of rotatable bonds is 9. The topological polar surface area (TPSA) is 107 Å². The van der Waals surface area contributed by atoms with Gasteiger partial charge in [-0.15, -0.1) is 11.3 Å². The van der Waals surface area contributed by atoms with E-state index >= 15 is 0 Å².